The van der Waals surface area contributed by atoms with Crippen LogP contribution in [0.5, 0.6) is 5.75 Å². The molecule has 1 N–H and O–H groups in total. The van der Waals surface area contributed by atoms with E-state index in [-0.39, 0.29) is 11.6 Å². The zero-order valence-corrected chi connectivity index (χ0v) is 13.3. The van der Waals surface area contributed by atoms with Gasteiger partial charge in [0.15, 0.2) is 0 Å². The second-order valence-corrected chi connectivity index (χ2v) is 5.32. The predicted octanol–water partition coefficient (Wildman–Crippen LogP) is 4.00. The normalized spacial score (nSPS) is 11.6. The zero-order chi connectivity index (χ0) is 17.0. The van der Waals surface area contributed by atoms with E-state index < -0.39 is 10.8 Å². The third kappa shape index (κ3) is 3.98. The smallest absolute Gasteiger partial charge is 0.269 e. The van der Waals surface area contributed by atoms with Crippen molar-refractivity contribution in [3.8, 4) is 5.75 Å². The van der Waals surface area contributed by atoms with Crippen LogP contribution in [0.2, 0.25) is 5.02 Å². The van der Waals surface area contributed by atoms with E-state index in [0.29, 0.717) is 22.0 Å². The number of halogens is 1. The van der Waals surface area contributed by atoms with Gasteiger partial charge in [0.25, 0.3) is 5.69 Å². The van der Waals surface area contributed by atoms with E-state index in [0.717, 1.165) is 0 Å². The molecular weight excluding hydrogens is 320 g/mol. The van der Waals surface area contributed by atoms with Gasteiger partial charge in [0.1, 0.15) is 5.75 Å². The summed E-state index contributed by atoms with van der Waals surface area (Å²) in [7, 11) is 1.51. The van der Waals surface area contributed by atoms with Crippen LogP contribution in [0.4, 0.5) is 11.4 Å². The van der Waals surface area contributed by atoms with Crippen LogP contribution >= 0.6 is 11.6 Å². The number of nitro groups is 1. The van der Waals surface area contributed by atoms with E-state index in [4.69, 9.17) is 16.3 Å². The van der Waals surface area contributed by atoms with E-state index in [9.17, 15) is 14.9 Å². The average molecular weight is 335 g/mol. The first-order chi connectivity index (χ1) is 10.9. The van der Waals surface area contributed by atoms with Crippen molar-refractivity contribution >= 4 is 28.9 Å². The Morgan fingerprint density at radius 2 is 1.91 bits per heavy atom. The van der Waals surface area contributed by atoms with Crippen LogP contribution in [0.15, 0.2) is 42.5 Å². The third-order valence-corrected chi connectivity index (χ3v) is 3.71. The van der Waals surface area contributed by atoms with E-state index in [2.05, 4.69) is 5.32 Å². The van der Waals surface area contributed by atoms with Gasteiger partial charge in [0, 0.05) is 17.8 Å². The van der Waals surface area contributed by atoms with Gasteiger partial charge in [0.05, 0.1) is 23.0 Å². The van der Waals surface area contributed by atoms with Crippen LogP contribution in [-0.2, 0) is 4.79 Å². The highest BCUT2D eigenvalue weighted by atomic mass is 35.5. The maximum Gasteiger partial charge on any atom is 0.269 e. The van der Waals surface area contributed by atoms with Gasteiger partial charge in [-0.3, -0.25) is 14.9 Å². The Bertz CT molecular complexity index is 731. The molecule has 7 heteroatoms. The Balaban J connectivity index is 2.10. The number of amides is 1. The predicted molar refractivity (Wildman–Crippen MR) is 88.1 cm³/mol. The van der Waals surface area contributed by atoms with E-state index >= 15 is 0 Å². The lowest BCUT2D eigenvalue weighted by atomic mass is 10.00. The summed E-state index contributed by atoms with van der Waals surface area (Å²) >= 11 is 6.02. The van der Waals surface area contributed by atoms with E-state index in [1.165, 1.54) is 19.2 Å². The molecule has 0 unspecified atom stereocenters. The standard InChI is InChI=1S/C16H15ClN2O4/c1-10(11-3-6-13(7-4-11)19(21)22)16(20)18-12-5-8-15(23-2)14(17)9-12/h3-10H,1-2H3,(H,18,20)/t10-/m0/s1. The first-order valence-corrected chi connectivity index (χ1v) is 7.19. The summed E-state index contributed by atoms with van der Waals surface area (Å²) in [5.41, 5.74) is 1.23. The summed E-state index contributed by atoms with van der Waals surface area (Å²) in [4.78, 5) is 22.4. The van der Waals surface area contributed by atoms with Crippen molar-refractivity contribution in [3.05, 3.63) is 63.2 Å². The summed E-state index contributed by atoms with van der Waals surface area (Å²) in [6.45, 7) is 1.72. The number of rotatable bonds is 5. The lowest BCUT2D eigenvalue weighted by Gasteiger charge is -2.13. The molecule has 0 bridgehead atoms. The number of methoxy groups -OCH3 is 1. The molecule has 0 spiro atoms. The van der Waals surface area contributed by atoms with Crippen molar-refractivity contribution in [2.24, 2.45) is 0 Å². The Labute approximate surface area is 138 Å². The summed E-state index contributed by atoms with van der Waals surface area (Å²) in [5.74, 6) is -0.176. The number of hydrogen-bond donors (Lipinski definition) is 1. The molecule has 2 aromatic rings. The highest BCUT2D eigenvalue weighted by molar-refractivity contribution is 6.32. The molecule has 0 aliphatic rings. The Kier molecular flexibility index (Phi) is 5.18. The molecule has 23 heavy (non-hydrogen) atoms. The molecular formula is C16H15ClN2O4. The molecule has 0 aliphatic heterocycles. The molecule has 6 nitrogen and oxygen atoms in total. The monoisotopic (exact) mass is 334 g/mol. The highest BCUT2D eigenvalue weighted by Gasteiger charge is 2.17. The summed E-state index contributed by atoms with van der Waals surface area (Å²) in [6.07, 6.45) is 0. The van der Waals surface area contributed by atoms with Crippen LogP contribution in [0.1, 0.15) is 18.4 Å². The third-order valence-electron chi connectivity index (χ3n) is 3.42. The molecule has 2 rings (SSSR count). The van der Waals surface area contributed by atoms with Crippen molar-refractivity contribution < 1.29 is 14.5 Å². The first kappa shape index (κ1) is 16.8. The molecule has 0 saturated heterocycles. The SMILES string of the molecule is COc1ccc(NC(=O)[C@@H](C)c2ccc([N+](=O)[O-])cc2)cc1Cl. The quantitative estimate of drug-likeness (QED) is 0.662. The molecule has 0 aromatic heterocycles. The minimum absolute atomic E-state index is 0.0108. The number of nitrogens with zero attached hydrogens (tertiary/aromatic N) is 1. The maximum absolute atomic E-state index is 12.3. The second kappa shape index (κ2) is 7.11. The highest BCUT2D eigenvalue weighted by Crippen LogP contribution is 2.28. The van der Waals surface area contributed by atoms with E-state index in [1.54, 1.807) is 37.3 Å². The molecule has 0 saturated carbocycles. The van der Waals surface area contributed by atoms with Crippen molar-refractivity contribution in [1.29, 1.82) is 0 Å². The minimum Gasteiger partial charge on any atom is -0.495 e. The van der Waals surface area contributed by atoms with Gasteiger partial charge in [-0.15, -0.1) is 0 Å². The number of carbonyl (C=O) groups excluding carboxylic acids is 1. The van der Waals surface area contributed by atoms with Crippen molar-refractivity contribution in [3.63, 3.8) is 0 Å². The Hall–Kier alpha value is -2.60. The van der Waals surface area contributed by atoms with Gasteiger partial charge in [0.2, 0.25) is 5.91 Å². The molecule has 1 atom stereocenters. The molecule has 1 amide bonds. The fraction of sp³-hybridized carbons (Fsp3) is 0.188. The van der Waals surface area contributed by atoms with Crippen LogP contribution in [0.25, 0.3) is 0 Å². The summed E-state index contributed by atoms with van der Waals surface area (Å²) in [5, 5.41) is 13.8. The maximum atomic E-state index is 12.3. The van der Waals surface area contributed by atoms with Gasteiger partial charge in [-0.05, 0) is 30.7 Å². The summed E-state index contributed by atoms with van der Waals surface area (Å²) in [6, 6.07) is 10.8. The number of benzene rings is 2. The van der Waals surface area contributed by atoms with Crippen molar-refractivity contribution in [1.82, 2.24) is 0 Å². The zero-order valence-electron chi connectivity index (χ0n) is 12.6. The number of carbonyl (C=O) groups is 1. The topological polar surface area (TPSA) is 81.5 Å². The molecule has 2 aromatic carbocycles. The molecule has 0 aliphatic carbocycles. The van der Waals surface area contributed by atoms with E-state index in [1.807, 2.05) is 0 Å². The van der Waals surface area contributed by atoms with Crippen LogP contribution in [-0.4, -0.2) is 17.9 Å². The second-order valence-electron chi connectivity index (χ2n) is 4.91. The van der Waals surface area contributed by atoms with Gasteiger partial charge in [-0.2, -0.15) is 0 Å². The van der Waals surface area contributed by atoms with Crippen LogP contribution < -0.4 is 10.1 Å². The van der Waals surface area contributed by atoms with Crippen molar-refractivity contribution in [2.45, 2.75) is 12.8 Å². The minimum atomic E-state index is -0.478. The van der Waals surface area contributed by atoms with Gasteiger partial charge >= 0.3 is 0 Å². The molecule has 0 heterocycles. The van der Waals surface area contributed by atoms with Crippen LogP contribution in [0, 0.1) is 10.1 Å². The lowest BCUT2D eigenvalue weighted by Crippen LogP contribution is -2.18. The Morgan fingerprint density at radius 3 is 2.43 bits per heavy atom. The molecule has 0 fully saturated rings. The molecule has 120 valence electrons. The largest absolute Gasteiger partial charge is 0.495 e. The summed E-state index contributed by atoms with van der Waals surface area (Å²) < 4.78 is 5.05. The number of nitrogens with one attached hydrogen (secondary N) is 1. The van der Waals surface area contributed by atoms with Gasteiger partial charge in [-0.1, -0.05) is 23.7 Å². The van der Waals surface area contributed by atoms with Crippen LogP contribution in [0.3, 0.4) is 0 Å². The number of non-ortho nitro benzene ring substituents is 1. The molecule has 0 radical (unpaired) electrons. The van der Waals surface area contributed by atoms with Gasteiger partial charge in [-0.25, -0.2) is 0 Å². The lowest BCUT2D eigenvalue weighted by molar-refractivity contribution is -0.384. The Morgan fingerprint density at radius 1 is 1.26 bits per heavy atom. The average Bonchev–Trinajstić information content (AvgIpc) is 2.54. The fourth-order valence-corrected chi connectivity index (χ4v) is 2.29. The van der Waals surface area contributed by atoms with Gasteiger partial charge < -0.3 is 10.1 Å². The van der Waals surface area contributed by atoms with Crippen molar-refractivity contribution in [2.75, 3.05) is 12.4 Å². The number of ether oxygens (including phenoxy) is 1. The fourth-order valence-electron chi connectivity index (χ4n) is 2.03. The first-order valence-electron chi connectivity index (χ1n) is 6.81. The number of hydrogen-bond acceptors (Lipinski definition) is 4. The number of anilines is 1. The number of nitro benzene ring substituents is 1.